The van der Waals surface area contributed by atoms with Crippen LogP contribution in [0.25, 0.3) is 0 Å². The van der Waals surface area contributed by atoms with Crippen molar-refractivity contribution in [1.82, 2.24) is 9.78 Å². The Morgan fingerprint density at radius 3 is 2.72 bits per heavy atom. The lowest BCUT2D eigenvalue weighted by atomic mass is 10.1. The van der Waals surface area contributed by atoms with Crippen LogP contribution in [0.4, 0.5) is 10.1 Å². The van der Waals surface area contributed by atoms with Gasteiger partial charge in [0.1, 0.15) is 5.82 Å². The molecule has 0 amide bonds. The van der Waals surface area contributed by atoms with Gasteiger partial charge >= 0.3 is 0 Å². The summed E-state index contributed by atoms with van der Waals surface area (Å²) in [5.74, 6) is -0.362. The minimum atomic E-state index is -0.362. The molecule has 2 N–H and O–H groups in total. The molecule has 2 rings (SSSR count). The molecule has 1 aromatic carbocycles. The Morgan fingerprint density at radius 1 is 1.44 bits per heavy atom. The number of anilines is 1. The highest BCUT2D eigenvalue weighted by Crippen LogP contribution is 2.18. The second-order valence-electron chi connectivity index (χ2n) is 4.16. The Balaban J connectivity index is 2.43. The number of nitrogens with zero attached hydrogens (tertiary/aromatic N) is 3. The molecule has 5 heteroatoms. The van der Waals surface area contributed by atoms with Crippen LogP contribution < -0.4 is 5.73 Å². The number of aryl methyl sites for hydroxylation is 1. The third-order valence-corrected chi connectivity index (χ3v) is 2.95. The van der Waals surface area contributed by atoms with Crippen LogP contribution in [0.2, 0.25) is 0 Å². The van der Waals surface area contributed by atoms with Crippen molar-refractivity contribution >= 4 is 5.69 Å². The Bertz CT molecular complexity index is 637. The van der Waals surface area contributed by atoms with Crippen LogP contribution in [0, 0.1) is 31.0 Å². The first-order chi connectivity index (χ1) is 8.52. The Labute approximate surface area is 104 Å². The van der Waals surface area contributed by atoms with Gasteiger partial charge in [-0.05, 0) is 37.6 Å². The zero-order chi connectivity index (χ0) is 13.3. The van der Waals surface area contributed by atoms with Crippen molar-refractivity contribution in [3.63, 3.8) is 0 Å². The first-order valence-electron chi connectivity index (χ1n) is 5.51. The van der Waals surface area contributed by atoms with Crippen LogP contribution in [0.15, 0.2) is 18.2 Å². The van der Waals surface area contributed by atoms with Crippen LogP contribution >= 0.6 is 0 Å². The molecule has 0 saturated carbocycles. The number of aromatic nitrogens is 2. The first kappa shape index (κ1) is 12.1. The second-order valence-corrected chi connectivity index (χ2v) is 4.16. The van der Waals surface area contributed by atoms with Crippen LogP contribution in [0.3, 0.4) is 0 Å². The molecule has 0 spiro atoms. The van der Waals surface area contributed by atoms with Crippen molar-refractivity contribution in [2.45, 2.75) is 20.4 Å². The maximum absolute atomic E-state index is 13.2. The molecule has 1 aromatic heterocycles. The lowest BCUT2D eigenvalue weighted by molar-refractivity contribution is 0.615. The molecule has 4 nitrogen and oxygen atoms in total. The van der Waals surface area contributed by atoms with E-state index in [1.54, 1.807) is 4.68 Å². The molecule has 18 heavy (non-hydrogen) atoms. The largest absolute Gasteiger partial charge is 0.396 e. The van der Waals surface area contributed by atoms with Gasteiger partial charge in [-0.3, -0.25) is 4.68 Å². The fourth-order valence-corrected chi connectivity index (χ4v) is 1.83. The van der Waals surface area contributed by atoms with Crippen molar-refractivity contribution in [2.75, 3.05) is 5.73 Å². The number of nitriles is 1. The van der Waals surface area contributed by atoms with Gasteiger partial charge in [0, 0.05) is 0 Å². The minimum absolute atomic E-state index is 0.338. The molecule has 92 valence electrons. The summed E-state index contributed by atoms with van der Waals surface area (Å²) in [5.41, 5.74) is 9.07. The molecular formula is C13H13FN4. The predicted molar refractivity (Wildman–Crippen MR) is 66.3 cm³/mol. The summed E-state index contributed by atoms with van der Waals surface area (Å²) in [5, 5.41) is 13.3. The minimum Gasteiger partial charge on any atom is -0.396 e. The van der Waals surface area contributed by atoms with E-state index in [2.05, 4.69) is 5.10 Å². The van der Waals surface area contributed by atoms with Crippen molar-refractivity contribution in [3.8, 4) is 6.07 Å². The van der Waals surface area contributed by atoms with Gasteiger partial charge in [0.2, 0.25) is 0 Å². The van der Waals surface area contributed by atoms with Crippen molar-refractivity contribution in [2.24, 2.45) is 0 Å². The smallest absolute Gasteiger partial charge is 0.123 e. The Morgan fingerprint density at radius 2 is 2.17 bits per heavy atom. The van der Waals surface area contributed by atoms with Crippen LogP contribution in [-0.2, 0) is 6.54 Å². The number of nitrogens with two attached hydrogens (primary N) is 1. The highest BCUT2D eigenvalue weighted by atomic mass is 19.1. The van der Waals surface area contributed by atoms with E-state index in [1.807, 2.05) is 19.9 Å². The standard InChI is InChI=1S/C13H13FN4/c1-8-13(16)9(2)18(17-8)7-11-5-12(14)4-3-10(11)6-15/h3-5H,7,16H2,1-2H3. The average Bonchev–Trinajstić information content (AvgIpc) is 2.57. The number of hydrogen-bond acceptors (Lipinski definition) is 3. The first-order valence-corrected chi connectivity index (χ1v) is 5.51. The van der Waals surface area contributed by atoms with Gasteiger partial charge < -0.3 is 5.73 Å². The van der Waals surface area contributed by atoms with Crippen LogP contribution in [-0.4, -0.2) is 9.78 Å². The normalized spacial score (nSPS) is 10.3. The predicted octanol–water partition coefficient (Wildman–Crippen LogP) is 2.14. The van der Waals surface area contributed by atoms with E-state index in [1.165, 1.54) is 18.2 Å². The van der Waals surface area contributed by atoms with E-state index in [-0.39, 0.29) is 5.82 Å². The van der Waals surface area contributed by atoms with E-state index in [4.69, 9.17) is 11.0 Å². The molecule has 0 aliphatic heterocycles. The monoisotopic (exact) mass is 244 g/mol. The van der Waals surface area contributed by atoms with Gasteiger partial charge in [0.15, 0.2) is 0 Å². The number of hydrogen-bond donors (Lipinski definition) is 1. The van der Waals surface area contributed by atoms with E-state index in [0.717, 1.165) is 11.4 Å². The van der Waals surface area contributed by atoms with Gasteiger partial charge in [0.25, 0.3) is 0 Å². The van der Waals surface area contributed by atoms with E-state index in [9.17, 15) is 4.39 Å². The zero-order valence-corrected chi connectivity index (χ0v) is 10.2. The van der Waals surface area contributed by atoms with Crippen molar-refractivity contribution < 1.29 is 4.39 Å². The van der Waals surface area contributed by atoms with E-state index < -0.39 is 0 Å². The SMILES string of the molecule is Cc1nn(Cc2cc(F)ccc2C#N)c(C)c1N. The summed E-state index contributed by atoms with van der Waals surface area (Å²) >= 11 is 0. The average molecular weight is 244 g/mol. The summed E-state index contributed by atoms with van der Waals surface area (Å²) in [4.78, 5) is 0. The molecular weight excluding hydrogens is 231 g/mol. The summed E-state index contributed by atoms with van der Waals surface area (Å²) in [6.45, 7) is 4.00. The van der Waals surface area contributed by atoms with Gasteiger partial charge in [-0.15, -0.1) is 0 Å². The molecule has 0 radical (unpaired) electrons. The van der Waals surface area contributed by atoms with Gasteiger partial charge in [-0.25, -0.2) is 4.39 Å². The molecule has 0 aliphatic rings. The summed E-state index contributed by atoms with van der Waals surface area (Å²) in [6, 6.07) is 6.14. The van der Waals surface area contributed by atoms with Crippen LogP contribution in [0.5, 0.6) is 0 Å². The topological polar surface area (TPSA) is 67.6 Å². The van der Waals surface area contributed by atoms with Crippen molar-refractivity contribution in [1.29, 1.82) is 5.26 Å². The highest BCUT2D eigenvalue weighted by molar-refractivity contribution is 5.47. The Hall–Kier alpha value is -2.35. The molecule has 0 saturated heterocycles. The fraction of sp³-hybridized carbons (Fsp3) is 0.231. The molecule has 2 aromatic rings. The quantitative estimate of drug-likeness (QED) is 0.880. The maximum Gasteiger partial charge on any atom is 0.123 e. The van der Waals surface area contributed by atoms with Gasteiger partial charge in [0.05, 0.1) is 35.3 Å². The highest BCUT2D eigenvalue weighted by Gasteiger charge is 2.11. The van der Waals surface area contributed by atoms with Crippen molar-refractivity contribution in [3.05, 3.63) is 46.5 Å². The zero-order valence-electron chi connectivity index (χ0n) is 10.2. The molecule has 0 aliphatic carbocycles. The Kier molecular flexibility index (Phi) is 3.02. The summed E-state index contributed by atoms with van der Waals surface area (Å²) in [7, 11) is 0. The van der Waals surface area contributed by atoms with Crippen LogP contribution in [0.1, 0.15) is 22.5 Å². The number of benzene rings is 1. The van der Waals surface area contributed by atoms with Gasteiger partial charge in [-0.2, -0.15) is 10.4 Å². The number of halogens is 1. The number of nitrogen functional groups attached to an aromatic ring is 1. The molecule has 1 heterocycles. The molecule has 0 unspecified atom stereocenters. The third-order valence-electron chi connectivity index (χ3n) is 2.95. The summed E-state index contributed by atoms with van der Waals surface area (Å²) < 4.78 is 14.9. The third kappa shape index (κ3) is 2.05. The summed E-state index contributed by atoms with van der Waals surface area (Å²) in [6.07, 6.45) is 0. The molecule has 0 fully saturated rings. The second kappa shape index (κ2) is 4.49. The van der Waals surface area contributed by atoms with Gasteiger partial charge in [-0.1, -0.05) is 0 Å². The van der Waals surface area contributed by atoms with E-state index in [0.29, 0.717) is 23.4 Å². The number of rotatable bonds is 2. The van der Waals surface area contributed by atoms with E-state index >= 15 is 0 Å². The molecule has 0 atom stereocenters. The maximum atomic E-state index is 13.2. The fourth-order valence-electron chi connectivity index (χ4n) is 1.83. The molecule has 0 bridgehead atoms. The lowest BCUT2D eigenvalue weighted by Crippen LogP contribution is -2.06. The lowest BCUT2D eigenvalue weighted by Gasteiger charge is -2.06.